The van der Waals surface area contributed by atoms with Crippen molar-refractivity contribution in [2.45, 2.75) is 0 Å². The fourth-order valence-corrected chi connectivity index (χ4v) is 1.77. The van der Waals surface area contributed by atoms with Crippen molar-refractivity contribution >= 4 is 39.4 Å². The Kier molecular flexibility index (Phi) is 3.71. The first-order valence-electron chi connectivity index (χ1n) is 4.70. The van der Waals surface area contributed by atoms with Gasteiger partial charge in [0, 0.05) is 16.9 Å². The molecular formula is C11H7BrClN3O. The molecule has 4 nitrogen and oxygen atoms in total. The van der Waals surface area contributed by atoms with E-state index >= 15 is 0 Å². The predicted octanol–water partition coefficient (Wildman–Crippen LogP) is 3.14. The minimum absolute atomic E-state index is 0.244. The van der Waals surface area contributed by atoms with Crippen LogP contribution in [0.5, 0.6) is 0 Å². The van der Waals surface area contributed by atoms with E-state index in [0.717, 1.165) is 4.47 Å². The van der Waals surface area contributed by atoms with Gasteiger partial charge >= 0.3 is 0 Å². The molecule has 1 aromatic heterocycles. The van der Waals surface area contributed by atoms with Crippen molar-refractivity contribution < 1.29 is 4.79 Å². The maximum Gasteiger partial charge on any atom is 0.259 e. The molecule has 0 radical (unpaired) electrons. The lowest BCUT2D eigenvalue weighted by atomic mass is 10.2. The predicted molar refractivity (Wildman–Crippen MR) is 69.1 cm³/mol. The summed E-state index contributed by atoms with van der Waals surface area (Å²) in [5, 5.41) is 2.94. The average Bonchev–Trinajstić information content (AvgIpc) is 2.33. The van der Waals surface area contributed by atoms with Gasteiger partial charge in [0.1, 0.15) is 0 Å². The Hall–Kier alpha value is -1.46. The second-order valence-corrected chi connectivity index (χ2v) is 4.47. The summed E-state index contributed by atoms with van der Waals surface area (Å²) in [7, 11) is 0. The van der Waals surface area contributed by atoms with Crippen molar-refractivity contribution in [2.75, 3.05) is 5.32 Å². The molecule has 2 rings (SSSR count). The van der Waals surface area contributed by atoms with Gasteiger partial charge in [0.2, 0.25) is 5.95 Å². The van der Waals surface area contributed by atoms with Gasteiger partial charge in [0.25, 0.3) is 5.91 Å². The van der Waals surface area contributed by atoms with E-state index in [9.17, 15) is 4.79 Å². The first-order chi connectivity index (χ1) is 8.16. The summed E-state index contributed by atoms with van der Waals surface area (Å²) >= 11 is 9.21. The van der Waals surface area contributed by atoms with E-state index in [-0.39, 0.29) is 11.9 Å². The molecule has 17 heavy (non-hydrogen) atoms. The molecule has 1 N–H and O–H groups in total. The van der Waals surface area contributed by atoms with Crippen molar-refractivity contribution in [2.24, 2.45) is 0 Å². The molecule has 0 spiro atoms. The molecule has 0 bridgehead atoms. The van der Waals surface area contributed by atoms with Crippen LogP contribution in [0.2, 0.25) is 5.02 Å². The molecule has 0 aliphatic carbocycles. The highest BCUT2D eigenvalue weighted by atomic mass is 79.9. The molecule has 0 fully saturated rings. The van der Waals surface area contributed by atoms with Crippen molar-refractivity contribution in [3.63, 3.8) is 0 Å². The smallest absolute Gasteiger partial charge is 0.259 e. The molecule has 2 aromatic rings. The highest BCUT2D eigenvalue weighted by Gasteiger charge is 2.11. The van der Waals surface area contributed by atoms with Crippen molar-refractivity contribution in [3.8, 4) is 0 Å². The van der Waals surface area contributed by atoms with E-state index in [0.29, 0.717) is 10.6 Å². The number of rotatable bonds is 2. The fourth-order valence-electron chi connectivity index (χ4n) is 1.20. The summed E-state index contributed by atoms with van der Waals surface area (Å²) in [4.78, 5) is 19.7. The van der Waals surface area contributed by atoms with Gasteiger partial charge in [0.05, 0.1) is 10.6 Å². The van der Waals surface area contributed by atoms with Crippen LogP contribution in [-0.4, -0.2) is 15.9 Å². The minimum atomic E-state index is -0.345. The van der Waals surface area contributed by atoms with Gasteiger partial charge in [-0.25, -0.2) is 9.97 Å². The Labute approximate surface area is 111 Å². The fraction of sp³-hybridized carbons (Fsp3) is 0. The Morgan fingerprint density at radius 1 is 1.29 bits per heavy atom. The Balaban J connectivity index is 2.23. The molecule has 0 aliphatic heterocycles. The van der Waals surface area contributed by atoms with Crippen LogP contribution in [0.1, 0.15) is 10.4 Å². The van der Waals surface area contributed by atoms with Crippen LogP contribution in [0.25, 0.3) is 0 Å². The maximum atomic E-state index is 11.9. The van der Waals surface area contributed by atoms with Crippen LogP contribution in [0.4, 0.5) is 5.95 Å². The van der Waals surface area contributed by atoms with E-state index < -0.39 is 0 Å². The van der Waals surface area contributed by atoms with Crippen molar-refractivity contribution in [1.82, 2.24) is 9.97 Å². The van der Waals surface area contributed by atoms with Crippen LogP contribution < -0.4 is 5.32 Å². The minimum Gasteiger partial charge on any atom is -0.290 e. The summed E-state index contributed by atoms with van der Waals surface area (Å²) < 4.78 is 0.779. The molecule has 1 aromatic carbocycles. The van der Waals surface area contributed by atoms with Gasteiger partial charge < -0.3 is 0 Å². The summed E-state index contributed by atoms with van der Waals surface area (Å²) in [6, 6.07) is 6.72. The van der Waals surface area contributed by atoms with E-state index in [2.05, 4.69) is 31.2 Å². The van der Waals surface area contributed by atoms with Gasteiger partial charge in [-0.3, -0.25) is 10.1 Å². The number of benzene rings is 1. The summed E-state index contributed by atoms with van der Waals surface area (Å²) in [6.45, 7) is 0. The van der Waals surface area contributed by atoms with Gasteiger partial charge in [-0.2, -0.15) is 0 Å². The lowest BCUT2D eigenvalue weighted by molar-refractivity contribution is 0.102. The number of carbonyl (C=O) groups excluding carboxylic acids is 1. The molecule has 0 atom stereocenters. The van der Waals surface area contributed by atoms with E-state index in [1.54, 1.807) is 36.7 Å². The van der Waals surface area contributed by atoms with Crippen LogP contribution in [0, 0.1) is 0 Å². The number of nitrogens with one attached hydrogen (secondary N) is 1. The quantitative estimate of drug-likeness (QED) is 0.927. The zero-order valence-electron chi connectivity index (χ0n) is 8.52. The number of nitrogens with zero attached hydrogens (tertiary/aromatic N) is 2. The van der Waals surface area contributed by atoms with E-state index in [4.69, 9.17) is 11.6 Å². The third-order valence-electron chi connectivity index (χ3n) is 1.96. The molecule has 0 unspecified atom stereocenters. The normalized spacial score (nSPS) is 10.0. The summed E-state index contributed by atoms with van der Waals surface area (Å²) in [5.74, 6) is -0.101. The Morgan fingerprint density at radius 3 is 2.71 bits per heavy atom. The first-order valence-corrected chi connectivity index (χ1v) is 5.87. The van der Waals surface area contributed by atoms with Crippen molar-refractivity contribution in [1.29, 1.82) is 0 Å². The number of carbonyl (C=O) groups is 1. The van der Waals surface area contributed by atoms with Gasteiger partial charge in [-0.05, 0) is 24.3 Å². The third-order valence-corrected chi connectivity index (χ3v) is 2.79. The van der Waals surface area contributed by atoms with Gasteiger partial charge in [0.15, 0.2) is 0 Å². The third kappa shape index (κ3) is 3.01. The highest BCUT2D eigenvalue weighted by Crippen LogP contribution is 2.21. The van der Waals surface area contributed by atoms with Crippen LogP contribution >= 0.6 is 27.5 Å². The van der Waals surface area contributed by atoms with Crippen LogP contribution in [0.3, 0.4) is 0 Å². The largest absolute Gasteiger partial charge is 0.290 e. The number of hydrogen-bond acceptors (Lipinski definition) is 3. The maximum absolute atomic E-state index is 11.9. The zero-order chi connectivity index (χ0) is 12.3. The second-order valence-electron chi connectivity index (χ2n) is 3.15. The number of anilines is 1. The van der Waals surface area contributed by atoms with Crippen LogP contribution in [0.15, 0.2) is 41.1 Å². The summed E-state index contributed by atoms with van der Waals surface area (Å²) in [5.41, 5.74) is 0.369. The molecule has 6 heteroatoms. The summed E-state index contributed by atoms with van der Waals surface area (Å²) in [6.07, 6.45) is 3.09. The molecule has 1 heterocycles. The molecule has 0 saturated heterocycles. The number of amides is 1. The average molecular weight is 313 g/mol. The zero-order valence-corrected chi connectivity index (χ0v) is 10.9. The monoisotopic (exact) mass is 311 g/mol. The van der Waals surface area contributed by atoms with Crippen molar-refractivity contribution in [3.05, 3.63) is 51.7 Å². The molecule has 0 saturated carbocycles. The second kappa shape index (κ2) is 5.25. The Morgan fingerprint density at radius 2 is 2.00 bits per heavy atom. The first kappa shape index (κ1) is 12.0. The SMILES string of the molecule is O=C(Nc1ncccn1)c1cc(Br)ccc1Cl. The number of halogens is 2. The molecule has 0 aliphatic rings. The Bertz CT molecular complexity index is 548. The molecule has 86 valence electrons. The number of aromatic nitrogens is 2. The van der Waals surface area contributed by atoms with Crippen LogP contribution in [-0.2, 0) is 0 Å². The lowest BCUT2D eigenvalue weighted by Crippen LogP contribution is -2.14. The standard InChI is InChI=1S/C11H7BrClN3O/c12-7-2-3-9(13)8(6-7)10(17)16-11-14-4-1-5-15-11/h1-6H,(H,14,15,16,17). The molecule has 1 amide bonds. The highest BCUT2D eigenvalue weighted by molar-refractivity contribution is 9.10. The van der Waals surface area contributed by atoms with Gasteiger partial charge in [-0.15, -0.1) is 0 Å². The lowest BCUT2D eigenvalue weighted by Gasteiger charge is -2.05. The molecular weight excluding hydrogens is 305 g/mol. The van der Waals surface area contributed by atoms with E-state index in [1.165, 1.54) is 0 Å². The topological polar surface area (TPSA) is 54.9 Å². The van der Waals surface area contributed by atoms with Gasteiger partial charge in [-0.1, -0.05) is 27.5 Å². The van der Waals surface area contributed by atoms with E-state index in [1.807, 2.05) is 0 Å². The number of hydrogen-bond donors (Lipinski definition) is 1.